The molecule has 0 spiro atoms. The van der Waals surface area contributed by atoms with E-state index in [9.17, 15) is 14.0 Å². The summed E-state index contributed by atoms with van der Waals surface area (Å²) in [6, 6.07) is 5.75. The number of thioether (sulfide) groups is 1. The van der Waals surface area contributed by atoms with Crippen LogP contribution in [0.4, 0.5) is 4.39 Å². The number of amides is 2. The van der Waals surface area contributed by atoms with E-state index in [2.05, 4.69) is 0 Å². The molecule has 2 rings (SSSR count). The first-order chi connectivity index (χ1) is 10.8. The smallest absolute Gasteiger partial charge is 0.244 e. The highest BCUT2D eigenvalue weighted by Gasteiger charge is 2.41. The average Bonchev–Trinajstić information content (AvgIpc) is 2.85. The maximum Gasteiger partial charge on any atom is 0.244 e. The molecule has 0 radical (unpaired) electrons. The van der Waals surface area contributed by atoms with Gasteiger partial charge < -0.3 is 9.80 Å². The zero-order valence-electron chi connectivity index (χ0n) is 14.0. The molecule has 4 nitrogen and oxygen atoms in total. The van der Waals surface area contributed by atoms with Crippen molar-refractivity contribution in [1.29, 1.82) is 0 Å². The average molecular weight is 338 g/mol. The molecule has 2 amide bonds. The lowest BCUT2D eigenvalue weighted by Crippen LogP contribution is -2.48. The van der Waals surface area contributed by atoms with Gasteiger partial charge in [0.1, 0.15) is 17.2 Å². The highest BCUT2D eigenvalue weighted by molar-refractivity contribution is 8.00. The standard InChI is InChI=1S/C17H23FN2O2S/c1-11(2)8-14(16(22)19(3)4)20-15(21)10-23-17(20)12-6-5-7-13(18)9-12/h5-7,9,11,14,17H,8,10H2,1-4H3. The Morgan fingerprint density at radius 2 is 2.13 bits per heavy atom. The molecule has 1 aliphatic heterocycles. The zero-order valence-corrected chi connectivity index (χ0v) is 14.8. The third kappa shape index (κ3) is 4.05. The molecule has 0 saturated carbocycles. The van der Waals surface area contributed by atoms with E-state index < -0.39 is 6.04 Å². The summed E-state index contributed by atoms with van der Waals surface area (Å²) in [7, 11) is 3.39. The molecule has 1 aliphatic rings. The number of hydrogen-bond donors (Lipinski definition) is 0. The SMILES string of the molecule is CC(C)CC(C(=O)N(C)C)N1C(=O)CSC1c1cccc(F)c1. The summed E-state index contributed by atoms with van der Waals surface area (Å²) in [6.45, 7) is 4.06. The van der Waals surface area contributed by atoms with Crippen LogP contribution in [0, 0.1) is 11.7 Å². The number of benzene rings is 1. The fourth-order valence-electron chi connectivity index (χ4n) is 2.77. The van der Waals surface area contributed by atoms with Crippen LogP contribution >= 0.6 is 11.8 Å². The Kier molecular flexibility index (Phi) is 5.68. The first kappa shape index (κ1) is 17.8. The van der Waals surface area contributed by atoms with Crippen molar-refractivity contribution in [3.63, 3.8) is 0 Å². The molecule has 2 unspecified atom stereocenters. The Morgan fingerprint density at radius 3 is 2.70 bits per heavy atom. The third-order valence-corrected chi connectivity index (χ3v) is 5.02. The molecule has 0 aromatic heterocycles. The van der Waals surface area contributed by atoms with Gasteiger partial charge in [0.2, 0.25) is 11.8 Å². The first-order valence-corrected chi connectivity index (χ1v) is 8.75. The topological polar surface area (TPSA) is 40.6 Å². The Bertz CT molecular complexity index is 592. The van der Waals surface area contributed by atoms with Crippen molar-refractivity contribution in [1.82, 2.24) is 9.80 Å². The second-order valence-electron chi connectivity index (χ2n) is 6.40. The Labute approximate surface area is 141 Å². The van der Waals surface area contributed by atoms with Crippen LogP contribution in [0.25, 0.3) is 0 Å². The number of carbonyl (C=O) groups excluding carboxylic acids is 2. The van der Waals surface area contributed by atoms with Gasteiger partial charge in [-0.15, -0.1) is 11.8 Å². The third-order valence-electron chi connectivity index (χ3n) is 3.80. The molecule has 0 aliphatic carbocycles. The molecule has 1 aromatic carbocycles. The predicted molar refractivity (Wildman–Crippen MR) is 90.4 cm³/mol. The normalized spacial score (nSPS) is 19.3. The zero-order chi connectivity index (χ0) is 17.1. The van der Waals surface area contributed by atoms with Crippen LogP contribution in [0.2, 0.25) is 0 Å². The quantitative estimate of drug-likeness (QED) is 0.829. The van der Waals surface area contributed by atoms with Crippen molar-refractivity contribution >= 4 is 23.6 Å². The van der Waals surface area contributed by atoms with E-state index in [1.165, 1.54) is 28.8 Å². The van der Waals surface area contributed by atoms with E-state index in [0.29, 0.717) is 12.2 Å². The molecule has 0 N–H and O–H groups in total. The van der Waals surface area contributed by atoms with Crippen molar-refractivity contribution in [2.24, 2.45) is 5.92 Å². The summed E-state index contributed by atoms with van der Waals surface area (Å²) in [5.74, 6) is 0.106. The highest BCUT2D eigenvalue weighted by atomic mass is 32.2. The molecule has 1 aromatic rings. The molecule has 2 atom stereocenters. The van der Waals surface area contributed by atoms with Gasteiger partial charge in [-0.2, -0.15) is 0 Å². The van der Waals surface area contributed by atoms with Gasteiger partial charge in [0.15, 0.2) is 0 Å². The molecule has 126 valence electrons. The van der Waals surface area contributed by atoms with Crippen LogP contribution < -0.4 is 0 Å². The lowest BCUT2D eigenvalue weighted by atomic mass is 10.00. The maximum atomic E-state index is 13.6. The first-order valence-electron chi connectivity index (χ1n) is 7.70. The predicted octanol–water partition coefficient (Wildman–Crippen LogP) is 2.90. The molecule has 1 fully saturated rings. The van der Waals surface area contributed by atoms with Gasteiger partial charge in [0, 0.05) is 14.1 Å². The van der Waals surface area contributed by atoms with E-state index in [0.717, 1.165) is 5.56 Å². The van der Waals surface area contributed by atoms with Gasteiger partial charge in [-0.25, -0.2) is 4.39 Å². The maximum absolute atomic E-state index is 13.6. The number of halogens is 1. The Morgan fingerprint density at radius 1 is 1.43 bits per heavy atom. The van der Waals surface area contributed by atoms with Crippen LogP contribution in [0.1, 0.15) is 31.2 Å². The highest BCUT2D eigenvalue weighted by Crippen LogP contribution is 2.41. The van der Waals surface area contributed by atoms with Crippen molar-refractivity contribution in [2.75, 3.05) is 19.8 Å². The lowest BCUT2D eigenvalue weighted by molar-refractivity contribution is -0.143. The number of nitrogens with zero attached hydrogens (tertiary/aromatic N) is 2. The number of carbonyl (C=O) groups is 2. The Balaban J connectivity index is 2.37. The van der Waals surface area contributed by atoms with Crippen LogP contribution in [0.15, 0.2) is 24.3 Å². The fourth-order valence-corrected chi connectivity index (χ4v) is 3.98. The summed E-state index contributed by atoms with van der Waals surface area (Å²) in [4.78, 5) is 28.2. The molecule has 1 heterocycles. The number of likely N-dealkylation sites (N-methyl/N-ethyl adjacent to an activating group) is 1. The monoisotopic (exact) mass is 338 g/mol. The van der Waals surface area contributed by atoms with Gasteiger partial charge in [-0.3, -0.25) is 9.59 Å². The minimum Gasteiger partial charge on any atom is -0.347 e. The van der Waals surface area contributed by atoms with Gasteiger partial charge in [0.05, 0.1) is 5.75 Å². The molecule has 23 heavy (non-hydrogen) atoms. The second-order valence-corrected chi connectivity index (χ2v) is 7.47. The van der Waals surface area contributed by atoms with Crippen LogP contribution in [0.5, 0.6) is 0 Å². The Hall–Kier alpha value is -1.56. The summed E-state index contributed by atoms with van der Waals surface area (Å²) < 4.78 is 13.6. The summed E-state index contributed by atoms with van der Waals surface area (Å²) in [5.41, 5.74) is 0.723. The largest absolute Gasteiger partial charge is 0.347 e. The van der Waals surface area contributed by atoms with E-state index >= 15 is 0 Å². The summed E-state index contributed by atoms with van der Waals surface area (Å²) in [6.07, 6.45) is 0.592. The molecular weight excluding hydrogens is 315 g/mol. The van der Waals surface area contributed by atoms with Crippen LogP contribution in [0.3, 0.4) is 0 Å². The summed E-state index contributed by atoms with van der Waals surface area (Å²) in [5, 5.41) is -0.314. The van der Waals surface area contributed by atoms with Gasteiger partial charge >= 0.3 is 0 Å². The van der Waals surface area contributed by atoms with Crippen LogP contribution in [-0.4, -0.2) is 47.5 Å². The van der Waals surface area contributed by atoms with Crippen molar-refractivity contribution in [3.8, 4) is 0 Å². The van der Waals surface area contributed by atoms with Gasteiger partial charge in [-0.1, -0.05) is 26.0 Å². The van der Waals surface area contributed by atoms with E-state index in [1.54, 1.807) is 31.1 Å². The minimum atomic E-state index is -0.513. The minimum absolute atomic E-state index is 0.0647. The van der Waals surface area contributed by atoms with Crippen molar-refractivity contribution in [2.45, 2.75) is 31.7 Å². The van der Waals surface area contributed by atoms with Crippen LogP contribution in [-0.2, 0) is 9.59 Å². The lowest BCUT2D eigenvalue weighted by Gasteiger charge is -2.34. The van der Waals surface area contributed by atoms with Gasteiger partial charge in [-0.05, 0) is 30.0 Å². The second kappa shape index (κ2) is 7.34. The summed E-state index contributed by atoms with van der Waals surface area (Å²) >= 11 is 1.44. The number of hydrogen-bond acceptors (Lipinski definition) is 3. The van der Waals surface area contributed by atoms with E-state index in [1.807, 2.05) is 13.8 Å². The molecule has 1 saturated heterocycles. The van der Waals surface area contributed by atoms with Gasteiger partial charge in [0.25, 0.3) is 0 Å². The molecule has 0 bridgehead atoms. The van der Waals surface area contributed by atoms with E-state index in [-0.39, 0.29) is 28.9 Å². The van der Waals surface area contributed by atoms with Crippen molar-refractivity contribution in [3.05, 3.63) is 35.6 Å². The molecule has 6 heteroatoms. The van der Waals surface area contributed by atoms with Crippen molar-refractivity contribution < 1.29 is 14.0 Å². The number of rotatable bonds is 5. The molecular formula is C17H23FN2O2S. The van der Waals surface area contributed by atoms with E-state index in [4.69, 9.17) is 0 Å². The fraction of sp³-hybridized carbons (Fsp3) is 0.529.